The Balaban J connectivity index is 2.44. The van der Waals surface area contributed by atoms with Gasteiger partial charge in [0.1, 0.15) is 12.2 Å². The fraction of sp³-hybridized carbons (Fsp3) is 0.400. The Labute approximate surface area is 111 Å². The second-order valence-electron chi connectivity index (χ2n) is 4.30. The fourth-order valence-electron chi connectivity index (χ4n) is 1.71. The molecule has 0 saturated carbocycles. The van der Waals surface area contributed by atoms with Gasteiger partial charge in [-0.25, -0.2) is 4.79 Å². The van der Waals surface area contributed by atoms with Gasteiger partial charge in [-0.05, 0) is 10.8 Å². The van der Waals surface area contributed by atoms with Crippen LogP contribution in [0.5, 0.6) is 0 Å². The number of nitrogens with one attached hydrogen (secondary N) is 1. The molecule has 0 fully saturated rings. The summed E-state index contributed by atoms with van der Waals surface area (Å²) in [5, 5.41) is 24.5. The van der Waals surface area contributed by atoms with Crippen molar-refractivity contribution in [1.82, 2.24) is 9.38 Å². The van der Waals surface area contributed by atoms with E-state index in [4.69, 9.17) is 5.11 Å². The summed E-state index contributed by atoms with van der Waals surface area (Å²) in [6.07, 6.45) is 1.53. The van der Waals surface area contributed by atoms with Gasteiger partial charge in [0.15, 0.2) is 0 Å². The molecule has 0 amide bonds. The molecule has 2 N–H and O–H groups in total. The van der Waals surface area contributed by atoms with Crippen LogP contribution in [0.1, 0.15) is 13.8 Å². The van der Waals surface area contributed by atoms with Crippen LogP contribution in [0, 0.1) is 16.0 Å². The summed E-state index contributed by atoms with van der Waals surface area (Å²) in [5.74, 6) is -1.56. The van der Waals surface area contributed by atoms with Crippen LogP contribution >= 0.6 is 11.3 Å². The third kappa shape index (κ3) is 2.36. The van der Waals surface area contributed by atoms with Gasteiger partial charge >= 0.3 is 11.8 Å². The average Bonchev–Trinajstić information content (AvgIpc) is 2.82. The van der Waals surface area contributed by atoms with E-state index >= 15 is 0 Å². The maximum Gasteiger partial charge on any atom is 0.372 e. The SMILES string of the molecule is CC(C)[C@H](Nc1nc2sccn2c1[N+](=O)[O-])C(=O)O. The second kappa shape index (κ2) is 4.84. The molecular formula is C10H12N4O4S. The van der Waals surface area contributed by atoms with Crippen molar-refractivity contribution in [1.29, 1.82) is 0 Å². The van der Waals surface area contributed by atoms with Crippen LogP contribution in [0.15, 0.2) is 11.6 Å². The molecule has 19 heavy (non-hydrogen) atoms. The molecule has 2 aromatic heterocycles. The van der Waals surface area contributed by atoms with Crippen molar-refractivity contribution in [3.63, 3.8) is 0 Å². The lowest BCUT2D eigenvalue weighted by atomic mass is 10.1. The number of carboxylic acids is 1. The van der Waals surface area contributed by atoms with E-state index in [1.54, 1.807) is 19.2 Å². The van der Waals surface area contributed by atoms with Crippen LogP contribution in [-0.4, -0.2) is 31.4 Å². The highest BCUT2D eigenvalue weighted by Gasteiger charge is 2.29. The van der Waals surface area contributed by atoms with E-state index in [0.29, 0.717) is 4.96 Å². The molecule has 2 rings (SSSR count). The topological polar surface area (TPSA) is 110 Å². The first-order chi connectivity index (χ1) is 8.91. The summed E-state index contributed by atoms with van der Waals surface area (Å²) in [6, 6.07) is -0.927. The van der Waals surface area contributed by atoms with E-state index in [2.05, 4.69) is 10.3 Å². The Morgan fingerprint density at radius 3 is 2.84 bits per heavy atom. The number of aromatic nitrogens is 2. The number of hydrogen-bond acceptors (Lipinski definition) is 6. The summed E-state index contributed by atoms with van der Waals surface area (Å²) in [5.41, 5.74) is 0. The summed E-state index contributed by atoms with van der Waals surface area (Å²) < 4.78 is 1.33. The molecular weight excluding hydrogens is 272 g/mol. The molecule has 1 atom stereocenters. The molecule has 0 aliphatic heterocycles. The van der Waals surface area contributed by atoms with E-state index in [-0.39, 0.29) is 17.6 Å². The number of carbonyl (C=O) groups is 1. The minimum absolute atomic E-state index is 0.0158. The van der Waals surface area contributed by atoms with E-state index in [9.17, 15) is 14.9 Å². The summed E-state index contributed by atoms with van der Waals surface area (Å²) in [6.45, 7) is 3.44. The van der Waals surface area contributed by atoms with Gasteiger partial charge in [0.05, 0.1) is 0 Å². The van der Waals surface area contributed by atoms with Crippen LogP contribution in [0.3, 0.4) is 0 Å². The van der Waals surface area contributed by atoms with Gasteiger partial charge in [0.2, 0.25) is 5.82 Å². The van der Waals surface area contributed by atoms with Crippen LogP contribution in [0.25, 0.3) is 4.96 Å². The number of nitro groups is 1. The lowest BCUT2D eigenvalue weighted by Crippen LogP contribution is -2.34. The van der Waals surface area contributed by atoms with Crippen LogP contribution in [0.2, 0.25) is 0 Å². The maximum absolute atomic E-state index is 11.1. The number of carboxylic acid groups (broad SMARTS) is 1. The number of thiazole rings is 1. The van der Waals surface area contributed by atoms with Crippen molar-refractivity contribution in [3.05, 3.63) is 21.7 Å². The zero-order chi connectivity index (χ0) is 14.2. The Morgan fingerprint density at radius 2 is 2.32 bits per heavy atom. The van der Waals surface area contributed by atoms with Crippen molar-refractivity contribution in [3.8, 4) is 0 Å². The molecule has 0 unspecified atom stereocenters. The number of fused-ring (bicyclic) bond motifs is 1. The maximum atomic E-state index is 11.1. The predicted molar refractivity (Wildman–Crippen MR) is 69.6 cm³/mol. The zero-order valence-corrected chi connectivity index (χ0v) is 11.0. The Hall–Kier alpha value is -2.16. The number of rotatable bonds is 5. The fourth-order valence-corrected chi connectivity index (χ4v) is 2.42. The third-order valence-corrected chi connectivity index (χ3v) is 3.39. The highest BCUT2D eigenvalue weighted by molar-refractivity contribution is 7.15. The summed E-state index contributed by atoms with van der Waals surface area (Å²) in [4.78, 5) is 26.1. The van der Waals surface area contributed by atoms with Crippen molar-refractivity contribution in [2.24, 2.45) is 5.92 Å². The second-order valence-corrected chi connectivity index (χ2v) is 5.17. The number of aliphatic carboxylic acids is 1. The molecule has 8 nitrogen and oxygen atoms in total. The number of imidazole rings is 1. The van der Waals surface area contributed by atoms with E-state index < -0.39 is 16.9 Å². The van der Waals surface area contributed by atoms with Gasteiger partial charge in [-0.1, -0.05) is 25.2 Å². The Kier molecular flexibility index (Phi) is 3.38. The first kappa shape index (κ1) is 13.3. The van der Waals surface area contributed by atoms with Gasteiger partial charge in [-0.3, -0.25) is 0 Å². The quantitative estimate of drug-likeness (QED) is 0.640. The minimum Gasteiger partial charge on any atom is -0.480 e. The Morgan fingerprint density at radius 1 is 1.63 bits per heavy atom. The first-order valence-electron chi connectivity index (χ1n) is 5.51. The summed E-state index contributed by atoms with van der Waals surface area (Å²) >= 11 is 1.24. The number of nitrogens with zero attached hydrogens (tertiary/aromatic N) is 3. The summed E-state index contributed by atoms with van der Waals surface area (Å²) in [7, 11) is 0. The van der Waals surface area contributed by atoms with Crippen molar-refractivity contribution in [2.45, 2.75) is 19.9 Å². The lowest BCUT2D eigenvalue weighted by molar-refractivity contribution is -0.389. The minimum atomic E-state index is -1.07. The van der Waals surface area contributed by atoms with Gasteiger partial charge in [0.25, 0.3) is 4.96 Å². The molecule has 0 spiro atoms. The first-order valence-corrected chi connectivity index (χ1v) is 6.39. The van der Waals surface area contributed by atoms with Gasteiger partial charge in [-0.15, -0.1) is 0 Å². The van der Waals surface area contributed by atoms with Crippen molar-refractivity contribution >= 4 is 33.9 Å². The smallest absolute Gasteiger partial charge is 0.372 e. The lowest BCUT2D eigenvalue weighted by Gasteiger charge is -2.16. The van der Waals surface area contributed by atoms with E-state index in [0.717, 1.165) is 0 Å². The van der Waals surface area contributed by atoms with Crippen LogP contribution in [0.4, 0.5) is 11.6 Å². The number of anilines is 1. The molecule has 0 radical (unpaired) electrons. The molecule has 2 aromatic rings. The molecule has 0 aliphatic rings. The third-order valence-electron chi connectivity index (χ3n) is 2.63. The molecule has 0 bridgehead atoms. The van der Waals surface area contributed by atoms with E-state index in [1.165, 1.54) is 21.9 Å². The molecule has 0 saturated heterocycles. The monoisotopic (exact) mass is 284 g/mol. The van der Waals surface area contributed by atoms with Crippen LogP contribution < -0.4 is 5.32 Å². The van der Waals surface area contributed by atoms with E-state index in [1.807, 2.05) is 0 Å². The molecule has 9 heteroatoms. The molecule has 0 aromatic carbocycles. The highest BCUT2D eigenvalue weighted by atomic mass is 32.1. The standard InChI is InChI=1S/C10H12N4O4S/c1-5(2)6(9(15)16)11-7-8(14(17)18)13-3-4-19-10(13)12-7/h3-6,11H,1-2H3,(H,15,16)/t6-/m0/s1. The average molecular weight is 284 g/mol. The van der Waals surface area contributed by atoms with Gasteiger partial charge in [-0.2, -0.15) is 9.38 Å². The number of hydrogen-bond donors (Lipinski definition) is 2. The Bertz CT molecular complexity index is 633. The van der Waals surface area contributed by atoms with Crippen LogP contribution in [-0.2, 0) is 4.79 Å². The normalized spacial score (nSPS) is 12.8. The highest BCUT2D eigenvalue weighted by Crippen LogP contribution is 2.29. The van der Waals surface area contributed by atoms with Gasteiger partial charge < -0.3 is 20.5 Å². The van der Waals surface area contributed by atoms with Crippen molar-refractivity contribution < 1.29 is 14.8 Å². The molecule has 2 heterocycles. The predicted octanol–water partition coefficient (Wildman–Crippen LogP) is 1.83. The largest absolute Gasteiger partial charge is 0.480 e. The molecule has 102 valence electrons. The zero-order valence-electron chi connectivity index (χ0n) is 10.2. The molecule has 0 aliphatic carbocycles. The van der Waals surface area contributed by atoms with Gasteiger partial charge in [0, 0.05) is 5.38 Å². The van der Waals surface area contributed by atoms with Crippen molar-refractivity contribution in [2.75, 3.05) is 5.32 Å².